The SMILES string of the molecule is CSc1ccc2[nH]cc(CCN)c2c1F. The van der Waals surface area contributed by atoms with Crippen LogP contribution in [0.25, 0.3) is 10.9 Å². The van der Waals surface area contributed by atoms with Crippen LogP contribution in [0.3, 0.4) is 0 Å². The van der Waals surface area contributed by atoms with E-state index < -0.39 is 0 Å². The van der Waals surface area contributed by atoms with Crippen LogP contribution >= 0.6 is 11.8 Å². The molecule has 2 nitrogen and oxygen atoms in total. The van der Waals surface area contributed by atoms with Gasteiger partial charge in [0.1, 0.15) is 5.82 Å². The van der Waals surface area contributed by atoms with Crippen molar-refractivity contribution in [1.29, 1.82) is 0 Å². The van der Waals surface area contributed by atoms with Gasteiger partial charge >= 0.3 is 0 Å². The second-order valence-electron chi connectivity index (χ2n) is 3.36. The Morgan fingerprint density at radius 3 is 2.93 bits per heavy atom. The van der Waals surface area contributed by atoms with Crippen LogP contribution in [0.4, 0.5) is 4.39 Å². The lowest BCUT2D eigenvalue weighted by atomic mass is 10.1. The van der Waals surface area contributed by atoms with Crippen molar-refractivity contribution in [3.63, 3.8) is 0 Å². The lowest BCUT2D eigenvalue weighted by molar-refractivity contribution is 0.614. The van der Waals surface area contributed by atoms with Crippen molar-refractivity contribution in [1.82, 2.24) is 4.98 Å². The molecule has 4 heteroatoms. The highest BCUT2D eigenvalue weighted by Crippen LogP contribution is 2.29. The highest BCUT2D eigenvalue weighted by atomic mass is 32.2. The normalized spacial score (nSPS) is 11.1. The molecule has 0 atom stereocenters. The van der Waals surface area contributed by atoms with E-state index >= 15 is 0 Å². The number of halogens is 1. The summed E-state index contributed by atoms with van der Waals surface area (Å²) in [7, 11) is 0. The zero-order valence-corrected chi connectivity index (χ0v) is 9.33. The first-order chi connectivity index (χ1) is 7.27. The molecule has 0 amide bonds. The summed E-state index contributed by atoms with van der Waals surface area (Å²) in [4.78, 5) is 3.74. The van der Waals surface area contributed by atoms with Crippen LogP contribution in [-0.2, 0) is 6.42 Å². The van der Waals surface area contributed by atoms with Crippen molar-refractivity contribution < 1.29 is 4.39 Å². The number of nitrogens with two attached hydrogens (primary N) is 1. The quantitative estimate of drug-likeness (QED) is 0.787. The molecule has 2 aromatic rings. The Hall–Kier alpha value is -1.00. The predicted octanol–water partition coefficient (Wildman–Crippen LogP) is 2.53. The van der Waals surface area contributed by atoms with Gasteiger partial charge < -0.3 is 10.7 Å². The van der Waals surface area contributed by atoms with E-state index in [2.05, 4.69) is 4.98 Å². The molecule has 80 valence electrons. The summed E-state index contributed by atoms with van der Waals surface area (Å²) < 4.78 is 14.0. The maximum Gasteiger partial charge on any atom is 0.146 e. The summed E-state index contributed by atoms with van der Waals surface area (Å²) in [6.45, 7) is 0.538. The highest BCUT2D eigenvalue weighted by molar-refractivity contribution is 7.98. The third kappa shape index (κ3) is 1.75. The van der Waals surface area contributed by atoms with Gasteiger partial charge in [0.2, 0.25) is 0 Å². The lowest BCUT2D eigenvalue weighted by Crippen LogP contribution is -2.02. The fourth-order valence-corrected chi connectivity index (χ4v) is 2.22. The van der Waals surface area contributed by atoms with Gasteiger partial charge in [0, 0.05) is 22.0 Å². The van der Waals surface area contributed by atoms with Crippen molar-refractivity contribution in [2.45, 2.75) is 11.3 Å². The summed E-state index contributed by atoms with van der Waals surface area (Å²) >= 11 is 1.42. The van der Waals surface area contributed by atoms with E-state index in [1.54, 1.807) is 6.07 Å². The molecule has 0 saturated heterocycles. The third-order valence-electron chi connectivity index (χ3n) is 2.46. The minimum absolute atomic E-state index is 0.135. The zero-order valence-electron chi connectivity index (χ0n) is 8.51. The number of hydrogen-bond donors (Lipinski definition) is 2. The van der Waals surface area contributed by atoms with Gasteiger partial charge in [0.25, 0.3) is 0 Å². The average Bonchev–Trinajstić information content (AvgIpc) is 2.64. The Labute approximate surface area is 92.0 Å². The lowest BCUT2D eigenvalue weighted by Gasteiger charge is -2.02. The summed E-state index contributed by atoms with van der Waals surface area (Å²) in [5.41, 5.74) is 7.29. The Morgan fingerprint density at radius 1 is 1.47 bits per heavy atom. The number of rotatable bonds is 3. The molecule has 0 bridgehead atoms. The van der Waals surface area contributed by atoms with E-state index in [9.17, 15) is 4.39 Å². The van der Waals surface area contributed by atoms with E-state index in [4.69, 9.17) is 5.73 Å². The maximum absolute atomic E-state index is 14.0. The first-order valence-corrected chi connectivity index (χ1v) is 6.03. The molecule has 0 radical (unpaired) electrons. The molecule has 0 spiro atoms. The number of thioether (sulfide) groups is 1. The average molecular weight is 224 g/mol. The van der Waals surface area contributed by atoms with Crippen LogP contribution < -0.4 is 5.73 Å². The van der Waals surface area contributed by atoms with E-state index in [1.165, 1.54) is 11.8 Å². The Balaban J connectivity index is 2.65. The van der Waals surface area contributed by atoms with Crippen LogP contribution in [-0.4, -0.2) is 17.8 Å². The van der Waals surface area contributed by atoms with Gasteiger partial charge in [-0.15, -0.1) is 11.8 Å². The molecule has 1 aromatic carbocycles. The molecular weight excluding hydrogens is 211 g/mol. The van der Waals surface area contributed by atoms with E-state index in [1.807, 2.05) is 18.5 Å². The minimum atomic E-state index is -0.135. The number of hydrogen-bond acceptors (Lipinski definition) is 2. The van der Waals surface area contributed by atoms with E-state index in [0.29, 0.717) is 23.2 Å². The maximum atomic E-state index is 14.0. The first-order valence-electron chi connectivity index (χ1n) is 4.80. The summed E-state index contributed by atoms with van der Waals surface area (Å²) in [6.07, 6.45) is 4.42. The smallest absolute Gasteiger partial charge is 0.146 e. The van der Waals surface area contributed by atoms with Crippen molar-refractivity contribution >= 4 is 22.7 Å². The molecule has 15 heavy (non-hydrogen) atoms. The number of nitrogens with one attached hydrogen (secondary N) is 1. The molecule has 3 N–H and O–H groups in total. The number of fused-ring (bicyclic) bond motifs is 1. The largest absolute Gasteiger partial charge is 0.361 e. The summed E-state index contributed by atoms with van der Waals surface area (Å²) in [5.74, 6) is -0.135. The summed E-state index contributed by atoms with van der Waals surface area (Å²) in [5, 5.41) is 0.687. The van der Waals surface area contributed by atoms with Crippen LogP contribution in [0.15, 0.2) is 23.2 Å². The molecule has 1 heterocycles. The zero-order chi connectivity index (χ0) is 10.8. The van der Waals surface area contributed by atoms with E-state index in [0.717, 1.165) is 11.1 Å². The van der Waals surface area contributed by atoms with Gasteiger partial charge in [-0.25, -0.2) is 4.39 Å². The third-order valence-corrected chi connectivity index (χ3v) is 3.22. The fourth-order valence-electron chi connectivity index (χ4n) is 1.74. The van der Waals surface area contributed by atoms with Crippen LogP contribution in [0.1, 0.15) is 5.56 Å². The summed E-state index contributed by atoms with van der Waals surface area (Å²) in [6, 6.07) is 3.70. The topological polar surface area (TPSA) is 41.8 Å². The van der Waals surface area contributed by atoms with Gasteiger partial charge in [0.05, 0.1) is 0 Å². The first kappa shape index (κ1) is 10.5. The van der Waals surface area contributed by atoms with Crippen LogP contribution in [0, 0.1) is 5.82 Å². The van der Waals surface area contributed by atoms with Gasteiger partial charge in [-0.05, 0) is 36.9 Å². The van der Waals surface area contributed by atoms with Gasteiger partial charge in [-0.2, -0.15) is 0 Å². The second kappa shape index (κ2) is 4.24. The number of aromatic nitrogens is 1. The monoisotopic (exact) mass is 224 g/mol. The van der Waals surface area contributed by atoms with Crippen molar-refractivity contribution in [2.75, 3.05) is 12.8 Å². The number of H-pyrrole nitrogens is 1. The Morgan fingerprint density at radius 2 is 2.27 bits per heavy atom. The number of benzene rings is 1. The number of aromatic amines is 1. The fraction of sp³-hybridized carbons (Fsp3) is 0.273. The second-order valence-corrected chi connectivity index (χ2v) is 4.21. The predicted molar refractivity (Wildman–Crippen MR) is 62.8 cm³/mol. The highest BCUT2D eigenvalue weighted by Gasteiger charge is 2.11. The molecular formula is C11H13FN2S. The molecule has 0 saturated carbocycles. The van der Waals surface area contributed by atoms with Crippen molar-refractivity contribution in [3.05, 3.63) is 29.7 Å². The molecule has 0 aliphatic rings. The molecule has 0 aliphatic heterocycles. The van der Waals surface area contributed by atoms with Gasteiger partial charge in [-0.1, -0.05) is 0 Å². The van der Waals surface area contributed by atoms with Crippen LogP contribution in [0.2, 0.25) is 0 Å². The molecule has 0 unspecified atom stereocenters. The Kier molecular flexibility index (Phi) is 2.98. The standard InChI is InChI=1S/C11H13FN2S/c1-15-9-3-2-8-10(11(9)12)7(4-5-13)6-14-8/h2-3,6,14H,4-5,13H2,1H3. The Bertz CT molecular complexity index is 479. The molecule has 2 rings (SSSR count). The van der Waals surface area contributed by atoms with E-state index in [-0.39, 0.29) is 5.82 Å². The van der Waals surface area contributed by atoms with Gasteiger partial charge in [0.15, 0.2) is 0 Å². The van der Waals surface area contributed by atoms with Crippen LogP contribution in [0.5, 0.6) is 0 Å². The van der Waals surface area contributed by atoms with Gasteiger partial charge in [-0.3, -0.25) is 0 Å². The van der Waals surface area contributed by atoms with Crippen molar-refractivity contribution in [2.24, 2.45) is 5.73 Å². The molecule has 0 aliphatic carbocycles. The molecule has 1 aromatic heterocycles. The van der Waals surface area contributed by atoms with Crippen molar-refractivity contribution in [3.8, 4) is 0 Å². The molecule has 0 fully saturated rings. The minimum Gasteiger partial charge on any atom is -0.361 e.